The van der Waals surface area contributed by atoms with E-state index in [1.54, 1.807) is 18.5 Å². The van der Waals surface area contributed by atoms with E-state index in [1.165, 1.54) is 16.8 Å². The van der Waals surface area contributed by atoms with Gasteiger partial charge in [0.2, 0.25) is 5.17 Å². The molecule has 4 heterocycles. The number of rotatable bonds is 7. The van der Waals surface area contributed by atoms with E-state index in [0.717, 1.165) is 51.9 Å². The maximum Gasteiger partial charge on any atom is 0.283 e. The number of hydrogen-bond acceptors (Lipinski definition) is 6. The van der Waals surface area contributed by atoms with Gasteiger partial charge in [-0.25, -0.2) is 0 Å². The molecule has 0 saturated carbocycles. The lowest BCUT2D eigenvalue weighted by molar-refractivity contribution is -0.114. The van der Waals surface area contributed by atoms with Gasteiger partial charge in [0.25, 0.3) is 5.91 Å². The van der Waals surface area contributed by atoms with Crippen molar-refractivity contribution in [1.82, 2.24) is 14.6 Å². The topological polar surface area (TPSA) is 95.9 Å². The average molecular weight is 535 g/mol. The SMILES string of the molecule is Cc1cccc(C)c1OCCCn1cc(/C=C2/C(=N)N3N=C(c4cccnc4)SC3=NC2=O)c2ccccc21. The smallest absolute Gasteiger partial charge is 0.283 e. The number of aryl methyl sites for hydroxylation is 3. The molecule has 1 N–H and O–H groups in total. The first-order valence-electron chi connectivity index (χ1n) is 12.7. The number of amidine groups is 2. The number of benzene rings is 2. The minimum absolute atomic E-state index is 0.00946. The zero-order chi connectivity index (χ0) is 26.9. The van der Waals surface area contributed by atoms with Crippen LogP contribution in [-0.2, 0) is 11.3 Å². The molecule has 0 fully saturated rings. The summed E-state index contributed by atoms with van der Waals surface area (Å²) < 4.78 is 8.27. The summed E-state index contributed by atoms with van der Waals surface area (Å²) in [6.07, 6.45) is 7.99. The highest BCUT2D eigenvalue weighted by atomic mass is 32.2. The van der Waals surface area contributed by atoms with Gasteiger partial charge in [-0.05, 0) is 67.4 Å². The lowest BCUT2D eigenvalue weighted by atomic mass is 10.1. The monoisotopic (exact) mass is 534 g/mol. The molecule has 2 aromatic heterocycles. The molecule has 6 rings (SSSR count). The Morgan fingerprint density at radius 3 is 2.67 bits per heavy atom. The second-order valence-electron chi connectivity index (χ2n) is 9.38. The summed E-state index contributed by atoms with van der Waals surface area (Å²) in [5.74, 6) is 0.513. The summed E-state index contributed by atoms with van der Waals surface area (Å²) in [6.45, 7) is 5.47. The van der Waals surface area contributed by atoms with Crippen LogP contribution in [0.3, 0.4) is 0 Å². The van der Waals surface area contributed by atoms with Crippen molar-refractivity contribution in [2.24, 2.45) is 10.1 Å². The Kier molecular flexibility index (Phi) is 6.58. The molecule has 9 heteroatoms. The van der Waals surface area contributed by atoms with Crippen molar-refractivity contribution in [2.45, 2.75) is 26.8 Å². The van der Waals surface area contributed by atoms with E-state index in [0.29, 0.717) is 16.8 Å². The van der Waals surface area contributed by atoms with Crippen molar-refractivity contribution in [2.75, 3.05) is 6.61 Å². The second-order valence-corrected chi connectivity index (χ2v) is 10.3. The summed E-state index contributed by atoms with van der Waals surface area (Å²) >= 11 is 1.26. The predicted molar refractivity (Wildman–Crippen MR) is 156 cm³/mol. The van der Waals surface area contributed by atoms with E-state index in [1.807, 2.05) is 42.6 Å². The van der Waals surface area contributed by atoms with Gasteiger partial charge in [0.05, 0.1) is 12.2 Å². The molecule has 1 amide bonds. The number of carbonyl (C=O) groups is 1. The number of pyridine rings is 1. The van der Waals surface area contributed by atoms with E-state index < -0.39 is 5.91 Å². The molecule has 0 atom stereocenters. The Balaban J connectivity index is 1.24. The first kappa shape index (κ1) is 24.8. The number of ether oxygens (including phenoxy) is 1. The van der Waals surface area contributed by atoms with Crippen molar-refractivity contribution in [3.05, 3.63) is 101 Å². The van der Waals surface area contributed by atoms with Crippen LogP contribution in [0, 0.1) is 19.3 Å². The van der Waals surface area contributed by atoms with Gasteiger partial charge in [-0.15, -0.1) is 0 Å². The normalized spacial score (nSPS) is 16.1. The Bertz CT molecular complexity index is 1680. The van der Waals surface area contributed by atoms with Crippen LogP contribution in [0.1, 0.15) is 28.7 Å². The largest absolute Gasteiger partial charge is 0.493 e. The molecule has 4 aromatic rings. The minimum Gasteiger partial charge on any atom is -0.493 e. The maximum atomic E-state index is 13.0. The lowest BCUT2D eigenvalue weighted by Crippen LogP contribution is -2.35. The third-order valence-corrected chi connectivity index (χ3v) is 7.64. The van der Waals surface area contributed by atoms with E-state index in [2.05, 4.69) is 51.7 Å². The van der Waals surface area contributed by atoms with Gasteiger partial charge in [-0.2, -0.15) is 15.1 Å². The fourth-order valence-electron chi connectivity index (χ4n) is 4.76. The summed E-state index contributed by atoms with van der Waals surface area (Å²) in [7, 11) is 0. The summed E-state index contributed by atoms with van der Waals surface area (Å²) in [4.78, 5) is 21.4. The fraction of sp³-hybridized carbons (Fsp3) is 0.167. The molecule has 2 aliphatic heterocycles. The molecule has 0 radical (unpaired) electrons. The number of amides is 1. The van der Waals surface area contributed by atoms with Crippen LogP contribution in [0.25, 0.3) is 17.0 Å². The van der Waals surface area contributed by atoms with Crippen molar-refractivity contribution in [1.29, 1.82) is 5.41 Å². The second kappa shape index (κ2) is 10.3. The van der Waals surface area contributed by atoms with Crippen LogP contribution in [0.4, 0.5) is 0 Å². The van der Waals surface area contributed by atoms with E-state index in [-0.39, 0.29) is 11.4 Å². The average Bonchev–Trinajstić information content (AvgIpc) is 3.53. The van der Waals surface area contributed by atoms with Gasteiger partial charge in [0, 0.05) is 47.2 Å². The van der Waals surface area contributed by atoms with Gasteiger partial charge in [0.15, 0.2) is 5.84 Å². The van der Waals surface area contributed by atoms with Crippen molar-refractivity contribution >= 4 is 50.7 Å². The number of carbonyl (C=O) groups excluding carboxylic acids is 1. The molecule has 0 unspecified atom stereocenters. The fourth-order valence-corrected chi connectivity index (χ4v) is 5.65. The molecule has 2 aliphatic rings. The van der Waals surface area contributed by atoms with Crippen LogP contribution in [0.2, 0.25) is 0 Å². The molecule has 0 bridgehead atoms. The minimum atomic E-state index is -0.444. The van der Waals surface area contributed by atoms with Gasteiger partial charge < -0.3 is 9.30 Å². The van der Waals surface area contributed by atoms with E-state index in [4.69, 9.17) is 10.1 Å². The highest BCUT2D eigenvalue weighted by molar-refractivity contribution is 8.27. The Hall–Kier alpha value is -4.50. The van der Waals surface area contributed by atoms with Gasteiger partial charge in [-0.1, -0.05) is 36.4 Å². The Morgan fingerprint density at radius 1 is 1.05 bits per heavy atom. The molecule has 0 aliphatic carbocycles. The molecule has 39 heavy (non-hydrogen) atoms. The molecule has 0 spiro atoms. The number of hydrazone groups is 1. The molecule has 8 nitrogen and oxygen atoms in total. The number of para-hydroxylation sites is 2. The Labute approximate surface area is 230 Å². The standard InChI is InChI=1S/C30H26N6O2S/c1-19-8-5-9-20(2)26(19)38-15-7-14-35-18-22(23-11-3-4-12-25(23)35)16-24-27(31)36-30(33-28(24)37)39-29(34-36)21-10-6-13-32-17-21/h3-6,8-13,16-18,31H,7,14-15H2,1-2H3/b24-16-,31-27?. The molecule has 0 saturated heterocycles. The summed E-state index contributed by atoms with van der Waals surface area (Å²) in [6, 6.07) is 17.9. The van der Waals surface area contributed by atoms with Crippen LogP contribution >= 0.6 is 11.8 Å². The zero-order valence-electron chi connectivity index (χ0n) is 21.6. The lowest BCUT2D eigenvalue weighted by Gasteiger charge is -2.20. The number of nitrogens with one attached hydrogen (secondary N) is 1. The zero-order valence-corrected chi connectivity index (χ0v) is 22.4. The van der Waals surface area contributed by atoms with Crippen molar-refractivity contribution in [3.63, 3.8) is 0 Å². The van der Waals surface area contributed by atoms with Crippen molar-refractivity contribution < 1.29 is 9.53 Å². The number of nitrogens with zero attached hydrogens (tertiary/aromatic N) is 5. The number of hydrogen-bond donors (Lipinski definition) is 1. The van der Waals surface area contributed by atoms with E-state index >= 15 is 0 Å². The first-order chi connectivity index (χ1) is 19.0. The quantitative estimate of drug-likeness (QED) is 0.239. The molecule has 2 aromatic carbocycles. The van der Waals surface area contributed by atoms with Crippen LogP contribution in [0.5, 0.6) is 5.75 Å². The number of thioether (sulfide) groups is 1. The van der Waals surface area contributed by atoms with E-state index in [9.17, 15) is 4.79 Å². The summed E-state index contributed by atoms with van der Waals surface area (Å²) in [5.41, 5.74) is 5.20. The highest BCUT2D eigenvalue weighted by Crippen LogP contribution is 2.32. The van der Waals surface area contributed by atoms with Crippen LogP contribution in [0.15, 0.2) is 88.9 Å². The van der Waals surface area contributed by atoms with Crippen LogP contribution in [-0.4, -0.2) is 43.1 Å². The predicted octanol–water partition coefficient (Wildman–Crippen LogP) is 5.79. The number of aliphatic imine (C=N–C) groups is 1. The summed E-state index contributed by atoms with van der Waals surface area (Å²) in [5, 5.41) is 16.8. The highest BCUT2D eigenvalue weighted by Gasteiger charge is 2.36. The third kappa shape index (κ3) is 4.77. The van der Waals surface area contributed by atoms with Crippen molar-refractivity contribution in [3.8, 4) is 5.75 Å². The van der Waals surface area contributed by atoms with Gasteiger partial charge >= 0.3 is 0 Å². The molecular weight excluding hydrogens is 508 g/mol. The number of fused-ring (bicyclic) bond motifs is 2. The maximum absolute atomic E-state index is 13.0. The number of aromatic nitrogens is 2. The van der Waals surface area contributed by atoms with Gasteiger partial charge in [0.1, 0.15) is 10.8 Å². The molecular formula is C30H26N6O2S. The van der Waals surface area contributed by atoms with Crippen LogP contribution < -0.4 is 4.74 Å². The van der Waals surface area contributed by atoms with Gasteiger partial charge in [-0.3, -0.25) is 15.2 Å². The Morgan fingerprint density at radius 2 is 1.87 bits per heavy atom. The third-order valence-electron chi connectivity index (χ3n) is 6.68. The molecule has 194 valence electrons. The first-order valence-corrected chi connectivity index (χ1v) is 13.5.